The molecule has 3 heterocycles. The number of hydrogen-bond acceptors (Lipinski definition) is 9. The molecule has 1 aromatic carbocycles. The summed E-state index contributed by atoms with van der Waals surface area (Å²) in [6.45, 7) is 10.8. The summed E-state index contributed by atoms with van der Waals surface area (Å²) in [7, 11) is 1.44. The Morgan fingerprint density at radius 2 is 1.69 bits per heavy atom. The molecule has 2 saturated heterocycles. The van der Waals surface area contributed by atoms with E-state index < -0.39 is 12.1 Å². The normalized spacial score (nSPS) is 21.3. The van der Waals surface area contributed by atoms with Gasteiger partial charge in [0.05, 0.1) is 35.2 Å². The molecule has 3 aliphatic rings. The molecule has 0 radical (unpaired) electrons. The van der Waals surface area contributed by atoms with E-state index in [0.717, 1.165) is 72.6 Å². The number of ether oxygens (including phenoxy) is 1. The highest BCUT2D eigenvalue weighted by atomic mass is 32.1. The van der Waals surface area contributed by atoms with E-state index in [9.17, 15) is 14.4 Å². The summed E-state index contributed by atoms with van der Waals surface area (Å²) in [5.41, 5.74) is 11.9. The number of methoxy groups -OCH3 is 1. The Bertz CT molecular complexity index is 1450. The van der Waals surface area contributed by atoms with Gasteiger partial charge in [-0.15, -0.1) is 11.3 Å². The lowest BCUT2D eigenvalue weighted by Gasteiger charge is -2.36. The minimum absolute atomic E-state index is 0.0662. The fourth-order valence-corrected chi connectivity index (χ4v) is 8.43. The lowest BCUT2D eigenvalue weighted by Crippen LogP contribution is -2.56. The third-order valence-corrected chi connectivity index (χ3v) is 11.6. The van der Waals surface area contributed by atoms with E-state index in [1.807, 2.05) is 18.6 Å². The quantitative estimate of drug-likeness (QED) is 0.262. The molecule has 0 bridgehead atoms. The second-order valence-corrected chi connectivity index (χ2v) is 16.0. The van der Waals surface area contributed by atoms with Crippen LogP contribution in [0, 0.1) is 24.2 Å². The van der Waals surface area contributed by atoms with Crippen LogP contribution in [-0.2, 0) is 19.1 Å². The molecule has 0 spiro atoms. The van der Waals surface area contributed by atoms with Gasteiger partial charge in [-0.05, 0) is 81.0 Å². The van der Waals surface area contributed by atoms with Gasteiger partial charge >= 0.3 is 5.97 Å². The van der Waals surface area contributed by atoms with Crippen molar-refractivity contribution in [1.29, 1.82) is 0 Å². The van der Waals surface area contributed by atoms with E-state index in [4.69, 9.17) is 10.5 Å². The Hall–Kier alpha value is -3.44. The Labute approximate surface area is 296 Å². The van der Waals surface area contributed by atoms with Crippen molar-refractivity contribution in [3.8, 4) is 10.4 Å². The molecular formula is C38H56N6O4S. The summed E-state index contributed by atoms with van der Waals surface area (Å²) in [6, 6.07) is 7.00. The monoisotopic (exact) mass is 692 g/mol. The number of aryl methyl sites for hydroxylation is 1. The minimum atomic E-state index is -0.550. The smallest absolute Gasteiger partial charge is 0.308 e. The predicted octanol–water partition coefficient (Wildman–Crippen LogP) is 5.54. The molecule has 268 valence electrons. The molecule has 3 atom stereocenters. The maximum absolute atomic E-state index is 14.2. The Morgan fingerprint density at radius 3 is 2.31 bits per heavy atom. The van der Waals surface area contributed by atoms with Crippen LogP contribution in [0.2, 0.25) is 0 Å². The molecule has 1 saturated carbocycles. The maximum Gasteiger partial charge on any atom is 0.308 e. The van der Waals surface area contributed by atoms with Gasteiger partial charge < -0.3 is 30.9 Å². The molecule has 1 aromatic heterocycles. The van der Waals surface area contributed by atoms with Gasteiger partial charge in [-0.25, -0.2) is 4.98 Å². The number of carbonyl (C=O) groups is 3. The maximum atomic E-state index is 14.2. The van der Waals surface area contributed by atoms with Crippen molar-refractivity contribution in [2.75, 3.05) is 33.3 Å². The van der Waals surface area contributed by atoms with Crippen molar-refractivity contribution in [3.05, 3.63) is 52.9 Å². The number of nitrogens with two attached hydrogens (primary N) is 1. The van der Waals surface area contributed by atoms with E-state index in [2.05, 4.69) is 65.6 Å². The van der Waals surface area contributed by atoms with Crippen LogP contribution in [0.25, 0.3) is 10.4 Å². The van der Waals surface area contributed by atoms with Gasteiger partial charge in [0.15, 0.2) is 0 Å². The molecule has 2 aliphatic heterocycles. The van der Waals surface area contributed by atoms with Crippen LogP contribution in [0.3, 0.4) is 0 Å². The first-order valence-electron chi connectivity index (χ1n) is 18.1. The van der Waals surface area contributed by atoms with Crippen LogP contribution < -0.4 is 16.4 Å². The summed E-state index contributed by atoms with van der Waals surface area (Å²) in [6.07, 6.45) is 10.5. The van der Waals surface area contributed by atoms with Gasteiger partial charge in [0, 0.05) is 25.0 Å². The second kappa shape index (κ2) is 16.5. The van der Waals surface area contributed by atoms with Crippen LogP contribution in [-0.4, -0.2) is 77.9 Å². The van der Waals surface area contributed by atoms with Gasteiger partial charge in [-0.1, -0.05) is 64.3 Å². The predicted molar refractivity (Wildman–Crippen MR) is 194 cm³/mol. The van der Waals surface area contributed by atoms with E-state index in [0.29, 0.717) is 25.4 Å². The number of likely N-dealkylation sites (tertiary alicyclic amines) is 2. The lowest BCUT2D eigenvalue weighted by molar-refractivity contribution is -0.147. The zero-order valence-electron chi connectivity index (χ0n) is 30.0. The number of nitrogens with one attached hydrogen (secondary N) is 2. The summed E-state index contributed by atoms with van der Waals surface area (Å²) in [5, 5.41) is 6.76. The number of allylic oxidation sites excluding steroid dienone is 1. The van der Waals surface area contributed by atoms with Crippen molar-refractivity contribution in [3.63, 3.8) is 0 Å². The Kier molecular flexibility index (Phi) is 12.4. The van der Waals surface area contributed by atoms with Crippen molar-refractivity contribution in [2.24, 2.45) is 23.0 Å². The number of aromatic nitrogens is 1. The SMILES string of the molecule is COC(=O)C1CCN(CC(NC(=O)C2CCCN2C(=O)C(N/C=C(\N)C2CCCCC2)C(C)(C)C)c2ccc(-c3scnc3C)cc2)CC1. The van der Waals surface area contributed by atoms with E-state index in [1.165, 1.54) is 26.4 Å². The summed E-state index contributed by atoms with van der Waals surface area (Å²) < 4.78 is 4.99. The van der Waals surface area contributed by atoms with Crippen molar-refractivity contribution < 1.29 is 19.1 Å². The fourth-order valence-electron chi connectivity index (χ4n) is 7.62. The largest absolute Gasteiger partial charge is 0.469 e. The van der Waals surface area contributed by atoms with Gasteiger partial charge in [0.25, 0.3) is 0 Å². The number of nitrogens with zero attached hydrogens (tertiary/aromatic N) is 3. The first kappa shape index (κ1) is 36.8. The fraction of sp³-hybridized carbons (Fsp3) is 0.632. The average molecular weight is 693 g/mol. The molecule has 3 fully saturated rings. The number of amides is 2. The topological polar surface area (TPSA) is 130 Å². The van der Waals surface area contributed by atoms with Crippen LogP contribution >= 0.6 is 11.3 Å². The number of hydrogen-bond donors (Lipinski definition) is 3. The highest BCUT2D eigenvalue weighted by molar-refractivity contribution is 7.13. The number of thiazole rings is 1. The first-order valence-corrected chi connectivity index (χ1v) is 19.0. The number of rotatable bonds is 11. The minimum Gasteiger partial charge on any atom is -0.469 e. The van der Waals surface area contributed by atoms with Crippen LogP contribution in [0.15, 0.2) is 41.7 Å². The van der Waals surface area contributed by atoms with Crippen LogP contribution in [0.1, 0.15) is 95.9 Å². The number of carbonyl (C=O) groups excluding carboxylic acids is 3. The van der Waals surface area contributed by atoms with Gasteiger partial charge in [0.1, 0.15) is 12.1 Å². The third kappa shape index (κ3) is 9.22. The molecule has 1 aliphatic carbocycles. The van der Waals surface area contributed by atoms with Gasteiger partial charge in [0.2, 0.25) is 11.8 Å². The number of piperidine rings is 1. The summed E-state index contributed by atoms with van der Waals surface area (Å²) in [4.78, 5) is 50.2. The number of benzene rings is 1. The lowest BCUT2D eigenvalue weighted by atomic mass is 9.85. The van der Waals surface area contributed by atoms with E-state index in [-0.39, 0.29) is 35.2 Å². The van der Waals surface area contributed by atoms with E-state index in [1.54, 1.807) is 16.2 Å². The third-order valence-electron chi connectivity index (χ3n) is 10.6. The van der Waals surface area contributed by atoms with Crippen molar-refractivity contribution in [2.45, 2.75) is 104 Å². The summed E-state index contributed by atoms with van der Waals surface area (Å²) >= 11 is 1.62. The van der Waals surface area contributed by atoms with Gasteiger partial charge in [-0.3, -0.25) is 14.4 Å². The highest BCUT2D eigenvalue weighted by Crippen LogP contribution is 2.31. The standard InChI is InChI=1S/C38H56N6O4S/c1-25-33(49-24-41-25)28-15-13-27(14-16-28)31(23-43-20-17-29(18-21-43)37(47)48-5)42-35(45)32-12-9-19-44(32)36(46)34(38(2,3)4)40-22-30(39)26-10-7-6-8-11-26/h13-16,22,24,26,29,31-32,34,40H,6-12,17-21,23,39H2,1-5H3,(H,42,45)/b30-22-. The molecule has 4 N–H and O–H groups in total. The van der Waals surface area contributed by atoms with Crippen molar-refractivity contribution in [1.82, 2.24) is 25.4 Å². The van der Waals surface area contributed by atoms with Crippen LogP contribution in [0.5, 0.6) is 0 Å². The molecule has 49 heavy (non-hydrogen) atoms. The highest BCUT2D eigenvalue weighted by Gasteiger charge is 2.41. The number of esters is 1. The molecule has 2 amide bonds. The Balaban J connectivity index is 1.31. The second-order valence-electron chi connectivity index (χ2n) is 15.2. The summed E-state index contributed by atoms with van der Waals surface area (Å²) in [5.74, 6) is -0.0899. The first-order chi connectivity index (χ1) is 23.5. The zero-order valence-corrected chi connectivity index (χ0v) is 30.8. The Morgan fingerprint density at radius 1 is 1.00 bits per heavy atom. The average Bonchev–Trinajstić information content (AvgIpc) is 3.77. The molecular weight excluding hydrogens is 637 g/mol. The zero-order chi connectivity index (χ0) is 35.1. The molecule has 5 rings (SSSR count). The van der Waals surface area contributed by atoms with E-state index >= 15 is 0 Å². The molecule has 11 heteroatoms. The molecule has 3 unspecified atom stereocenters. The van der Waals surface area contributed by atoms with Crippen molar-refractivity contribution >= 4 is 29.1 Å². The molecule has 10 nitrogen and oxygen atoms in total. The van der Waals surface area contributed by atoms with Crippen LogP contribution in [0.4, 0.5) is 0 Å². The molecule has 2 aromatic rings. The van der Waals surface area contributed by atoms with Gasteiger partial charge in [-0.2, -0.15) is 0 Å².